The molecule has 0 amide bonds. The number of nitro benzene ring substituents is 1. The van der Waals surface area contributed by atoms with E-state index in [1.807, 2.05) is 0 Å². The third-order valence-corrected chi connectivity index (χ3v) is 1.79. The number of Topliss-reactive ketones (excluding diaryl/α,β-unsaturated/α-hetero) is 1. The Morgan fingerprint density at radius 2 is 2.00 bits per heavy atom. The van der Waals surface area contributed by atoms with Crippen molar-refractivity contribution in [2.45, 2.75) is 13.3 Å². The van der Waals surface area contributed by atoms with Crippen LogP contribution in [0.3, 0.4) is 0 Å². The number of alkyl halides is 3. The second kappa shape index (κ2) is 4.40. The number of nitro groups is 1. The fourth-order valence-electron chi connectivity index (χ4n) is 1.09. The lowest BCUT2D eigenvalue weighted by molar-refractivity contribution is -0.388. The van der Waals surface area contributed by atoms with Crippen molar-refractivity contribution in [1.29, 1.82) is 0 Å². The smallest absolute Gasteiger partial charge is 0.398 e. The Morgan fingerprint density at radius 3 is 2.41 bits per heavy atom. The molecule has 0 saturated carbocycles. The minimum Gasteiger partial charge on any atom is -0.398 e. The van der Waals surface area contributed by atoms with Crippen molar-refractivity contribution < 1.29 is 27.6 Å². The van der Waals surface area contributed by atoms with Gasteiger partial charge in [-0.3, -0.25) is 14.9 Å². The van der Waals surface area contributed by atoms with Crippen molar-refractivity contribution in [1.82, 2.24) is 0 Å². The molecular weight excluding hydrogens is 243 g/mol. The molecule has 0 aromatic heterocycles. The monoisotopic (exact) mass is 249 g/mol. The molecule has 0 spiro atoms. The third-order valence-electron chi connectivity index (χ3n) is 1.79. The highest BCUT2D eigenvalue weighted by Crippen LogP contribution is 2.32. The van der Waals surface area contributed by atoms with E-state index < -0.39 is 28.5 Å². The molecule has 5 nitrogen and oxygen atoms in total. The third kappa shape index (κ3) is 3.44. The Balaban J connectivity index is 3.25. The Bertz CT molecular complexity index is 470. The molecule has 0 N–H and O–H groups in total. The number of hydrogen-bond acceptors (Lipinski definition) is 4. The van der Waals surface area contributed by atoms with Gasteiger partial charge in [-0.1, -0.05) is 0 Å². The minimum absolute atomic E-state index is 0.102. The van der Waals surface area contributed by atoms with Gasteiger partial charge in [-0.05, 0) is 19.1 Å². The maximum atomic E-state index is 12.0. The van der Waals surface area contributed by atoms with Crippen molar-refractivity contribution in [3.05, 3.63) is 33.9 Å². The van der Waals surface area contributed by atoms with Crippen LogP contribution in [0.4, 0.5) is 18.9 Å². The standard InChI is InChI=1S/C9H6F3NO4/c1-5(14)6-2-3-7(13(15)16)8(4-6)17-9(10,11)12/h2-4H,1H3. The van der Waals surface area contributed by atoms with Gasteiger partial charge in [0.15, 0.2) is 5.78 Å². The van der Waals surface area contributed by atoms with Gasteiger partial charge in [0.25, 0.3) is 0 Å². The number of halogens is 3. The normalized spacial score (nSPS) is 11.1. The maximum Gasteiger partial charge on any atom is 0.573 e. The molecule has 1 aromatic carbocycles. The van der Waals surface area contributed by atoms with Crippen molar-refractivity contribution in [2.75, 3.05) is 0 Å². The zero-order valence-corrected chi connectivity index (χ0v) is 8.45. The first-order chi connectivity index (χ1) is 7.70. The molecule has 8 heteroatoms. The summed E-state index contributed by atoms with van der Waals surface area (Å²) in [7, 11) is 0. The summed E-state index contributed by atoms with van der Waals surface area (Å²) in [5, 5.41) is 10.5. The molecule has 1 rings (SSSR count). The van der Waals surface area contributed by atoms with Gasteiger partial charge < -0.3 is 4.74 Å². The highest BCUT2D eigenvalue weighted by Gasteiger charge is 2.34. The predicted molar refractivity (Wildman–Crippen MR) is 49.8 cm³/mol. The van der Waals surface area contributed by atoms with Crippen LogP contribution in [0.2, 0.25) is 0 Å². The lowest BCUT2D eigenvalue weighted by Crippen LogP contribution is -2.18. The first-order valence-corrected chi connectivity index (χ1v) is 4.26. The summed E-state index contributed by atoms with van der Waals surface area (Å²) in [5.41, 5.74) is -0.956. The second-order valence-corrected chi connectivity index (χ2v) is 3.04. The number of carbonyl (C=O) groups excluding carboxylic acids is 1. The molecule has 17 heavy (non-hydrogen) atoms. The molecule has 92 valence electrons. The molecule has 0 bridgehead atoms. The van der Waals surface area contributed by atoms with E-state index in [9.17, 15) is 28.1 Å². The van der Waals surface area contributed by atoms with E-state index in [1.165, 1.54) is 0 Å². The van der Waals surface area contributed by atoms with E-state index in [4.69, 9.17) is 0 Å². The number of ether oxygens (including phenoxy) is 1. The summed E-state index contributed by atoms with van der Waals surface area (Å²) < 4.78 is 39.5. The molecule has 0 aliphatic heterocycles. The van der Waals surface area contributed by atoms with Crippen LogP contribution in [0.1, 0.15) is 17.3 Å². The molecule has 1 aromatic rings. The Labute approximate surface area is 93.0 Å². The number of ketones is 1. The molecule has 0 radical (unpaired) electrons. The van der Waals surface area contributed by atoms with E-state index in [0.717, 1.165) is 19.1 Å². The van der Waals surface area contributed by atoms with E-state index in [-0.39, 0.29) is 5.56 Å². The van der Waals surface area contributed by atoms with Crippen molar-refractivity contribution >= 4 is 11.5 Å². The largest absolute Gasteiger partial charge is 0.573 e. The van der Waals surface area contributed by atoms with Gasteiger partial charge in [0, 0.05) is 11.6 Å². The second-order valence-electron chi connectivity index (χ2n) is 3.04. The lowest BCUT2D eigenvalue weighted by Gasteiger charge is -2.09. The van der Waals surface area contributed by atoms with Crippen LogP contribution in [0.5, 0.6) is 5.75 Å². The van der Waals surface area contributed by atoms with Crippen LogP contribution in [-0.2, 0) is 0 Å². The van der Waals surface area contributed by atoms with Gasteiger partial charge in [-0.15, -0.1) is 13.2 Å². The van der Waals surface area contributed by atoms with E-state index in [1.54, 1.807) is 0 Å². The molecule has 0 fully saturated rings. The number of nitrogens with zero attached hydrogens (tertiary/aromatic N) is 1. The molecule has 0 unspecified atom stereocenters. The zero-order valence-electron chi connectivity index (χ0n) is 8.45. The van der Waals surface area contributed by atoms with Crippen LogP contribution in [-0.4, -0.2) is 17.1 Å². The number of benzene rings is 1. The van der Waals surface area contributed by atoms with E-state index in [2.05, 4.69) is 4.74 Å². The first kappa shape index (κ1) is 12.9. The van der Waals surface area contributed by atoms with Gasteiger partial charge in [-0.2, -0.15) is 0 Å². The first-order valence-electron chi connectivity index (χ1n) is 4.26. The predicted octanol–water partition coefficient (Wildman–Crippen LogP) is 2.70. The van der Waals surface area contributed by atoms with Gasteiger partial charge in [0.05, 0.1) is 4.92 Å². The molecule has 0 aliphatic carbocycles. The van der Waals surface area contributed by atoms with Crippen LogP contribution >= 0.6 is 0 Å². The van der Waals surface area contributed by atoms with Gasteiger partial charge in [0.2, 0.25) is 5.75 Å². The lowest BCUT2D eigenvalue weighted by atomic mass is 10.1. The SMILES string of the molecule is CC(=O)c1ccc([N+](=O)[O-])c(OC(F)(F)F)c1. The van der Waals surface area contributed by atoms with E-state index in [0.29, 0.717) is 6.07 Å². The molecule has 0 heterocycles. The van der Waals surface area contributed by atoms with Gasteiger partial charge >= 0.3 is 12.0 Å². The molecule has 0 atom stereocenters. The topological polar surface area (TPSA) is 69.4 Å². The Morgan fingerprint density at radius 1 is 1.41 bits per heavy atom. The molecule has 0 saturated heterocycles. The van der Waals surface area contributed by atoms with Gasteiger partial charge in [0.1, 0.15) is 0 Å². The molecular formula is C9H6F3NO4. The summed E-state index contributed by atoms with van der Waals surface area (Å²) in [6.45, 7) is 1.12. The summed E-state index contributed by atoms with van der Waals surface area (Å²) in [5.74, 6) is -1.53. The van der Waals surface area contributed by atoms with E-state index >= 15 is 0 Å². The Hall–Kier alpha value is -2.12. The number of rotatable bonds is 3. The molecule has 0 aliphatic rings. The fourth-order valence-corrected chi connectivity index (χ4v) is 1.09. The fraction of sp³-hybridized carbons (Fsp3) is 0.222. The minimum atomic E-state index is -5.06. The van der Waals surface area contributed by atoms with Crippen molar-refractivity contribution in [3.63, 3.8) is 0 Å². The summed E-state index contributed by atoms with van der Waals surface area (Å²) in [6.07, 6.45) is -5.06. The Kier molecular flexibility index (Phi) is 3.35. The summed E-state index contributed by atoms with van der Waals surface area (Å²) in [6, 6.07) is 2.54. The van der Waals surface area contributed by atoms with Crippen LogP contribution in [0.25, 0.3) is 0 Å². The average molecular weight is 249 g/mol. The highest BCUT2D eigenvalue weighted by atomic mass is 19.4. The number of carbonyl (C=O) groups is 1. The van der Waals surface area contributed by atoms with Crippen molar-refractivity contribution in [3.8, 4) is 5.75 Å². The number of hydrogen-bond donors (Lipinski definition) is 0. The maximum absolute atomic E-state index is 12.0. The highest BCUT2D eigenvalue weighted by molar-refractivity contribution is 5.94. The van der Waals surface area contributed by atoms with Crippen LogP contribution in [0, 0.1) is 10.1 Å². The van der Waals surface area contributed by atoms with Crippen LogP contribution in [0.15, 0.2) is 18.2 Å². The zero-order chi connectivity index (χ0) is 13.2. The quantitative estimate of drug-likeness (QED) is 0.469. The summed E-state index contributed by atoms with van der Waals surface area (Å²) in [4.78, 5) is 20.4. The van der Waals surface area contributed by atoms with Crippen LogP contribution < -0.4 is 4.74 Å². The van der Waals surface area contributed by atoms with Gasteiger partial charge in [-0.25, -0.2) is 0 Å². The average Bonchev–Trinajstić information content (AvgIpc) is 2.14. The van der Waals surface area contributed by atoms with Crippen molar-refractivity contribution in [2.24, 2.45) is 0 Å². The summed E-state index contributed by atoms with van der Waals surface area (Å²) >= 11 is 0.